The third kappa shape index (κ3) is 6.51. The molecule has 0 bridgehead atoms. The maximum absolute atomic E-state index is 13.7. The predicted molar refractivity (Wildman–Crippen MR) is 126 cm³/mol. The zero-order chi connectivity index (χ0) is 24.1. The molecule has 172 valence electrons. The van der Waals surface area contributed by atoms with E-state index in [2.05, 4.69) is 15.9 Å². The van der Waals surface area contributed by atoms with Crippen LogP contribution in [0.5, 0.6) is 0 Å². The van der Waals surface area contributed by atoms with E-state index in [1.807, 2.05) is 6.92 Å². The van der Waals surface area contributed by atoms with Crippen molar-refractivity contribution in [2.24, 2.45) is 0 Å². The third-order valence-electron chi connectivity index (χ3n) is 5.02. The number of nitrogens with one attached hydrogen (secondary N) is 1. The molecular formula is C25H24FNO4S2. The summed E-state index contributed by atoms with van der Waals surface area (Å²) in [5.74, 6) is 2.25. The second-order valence-electron chi connectivity index (χ2n) is 7.61. The molecule has 8 heteroatoms. The van der Waals surface area contributed by atoms with Crippen LogP contribution in [-0.4, -0.2) is 23.4 Å². The van der Waals surface area contributed by atoms with Crippen LogP contribution in [0, 0.1) is 30.8 Å². The summed E-state index contributed by atoms with van der Waals surface area (Å²) in [6, 6.07) is 17.5. The van der Waals surface area contributed by atoms with Gasteiger partial charge in [-0.2, -0.15) is 0 Å². The minimum Gasteiger partial charge on any atom is -0.211 e. The van der Waals surface area contributed by atoms with E-state index in [9.17, 15) is 21.2 Å². The summed E-state index contributed by atoms with van der Waals surface area (Å²) in [7, 11) is -7.59. The first-order valence-electron chi connectivity index (χ1n) is 10.2. The summed E-state index contributed by atoms with van der Waals surface area (Å²) >= 11 is 0. The predicted octanol–water partition coefficient (Wildman–Crippen LogP) is 3.94. The number of hydrogen-bond donors (Lipinski definition) is 1. The fourth-order valence-corrected chi connectivity index (χ4v) is 5.35. The van der Waals surface area contributed by atoms with Gasteiger partial charge in [0.05, 0.1) is 9.79 Å². The summed E-state index contributed by atoms with van der Waals surface area (Å²) in [4.78, 5) is 0.198. The number of halogens is 1. The molecule has 0 fully saturated rings. The van der Waals surface area contributed by atoms with Gasteiger partial charge in [-0.05, 0) is 61.2 Å². The maximum Gasteiger partial charge on any atom is 0.245 e. The Labute approximate surface area is 194 Å². The number of sulfone groups is 1. The van der Waals surface area contributed by atoms with E-state index in [1.165, 1.54) is 24.3 Å². The molecule has 33 heavy (non-hydrogen) atoms. The van der Waals surface area contributed by atoms with Crippen molar-refractivity contribution < 1.29 is 21.2 Å². The number of rotatable bonds is 7. The first kappa shape index (κ1) is 24.6. The summed E-state index contributed by atoms with van der Waals surface area (Å²) in [5, 5.41) is 2.30. The fraction of sp³-hybridized carbons (Fsp3) is 0.200. The first-order chi connectivity index (χ1) is 15.6. The number of hydrogen-bond acceptors (Lipinski definition) is 4. The van der Waals surface area contributed by atoms with Gasteiger partial charge in [0.25, 0.3) is 0 Å². The molecule has 0 saturated heterocycles. The SMILES string of the molecule is Cc1ccc(S(=O)(=O)C#CCc2ccc(C)c(S(=O)(=O)NCCc3ccccc3F)c2)cc1. The van der Waals surface area contributed by atoms with Crippen molar-refractivity contribution in [1.29, 1.82) is 0 Å². The average molecular weight is 486 g/mol. The highest BCUT2D eigenvalue weighted by Crippen LogP contribution is 2.18. The van der Waals surface area contributed by atoms with E-state index >= 15 is 0 Å². The highest BCUT2D eigenvalue weighted by molar-refractivity contribution is 7.96. The van der Waals surface area contributed by atoms with Gasteiger partial charge in [-0.15, -0.1) is 0 Å². The zero-order valence-electron chi connectivity index (χ0n) is 18.3. The van der Waals surface area contributed by atoms with Gasteiger partial charge < -0.3 is 0 Å². The topological polar surface area (TPSA) is 80.3 Å². The van der Waals surface area contributed by atoms with Crippen LogP contribution in [0.25, 0.3) is 0 Å². The van der Waals surface area contributed by atoms with E-state index in [4.69, 9.17) is 0 Å². The number of sulfonamides is 1. The van der Waals surface area contributed by atoms with Gasteiger partial charge in [0.2, 0.25) is 19.9 Å². The first-order valence-corrected chi connectivity index (χ1v) is 13.2. The van der Waals surface area contributed by atoms with Gasteiger partial charge in [0.15, 0.2) is 0 Å². The van der Waals surface area contributed by atoms with Crippen LogP contribution in [-0.2, 0) is 32.7 Å². The Kier molecular flexibility index (Phi) is 7.69. The van der Waals surface area contributed by atoms with Crippen LogP contribution in [0.4, 0.5) is 4.39 Å². The molecule has 0 spiro atoms. The molecule has 0 saturated carbocycles. The van der Waals surface area contributed by atoms with Crippen molar-refractivity contribution in [3.63, 3.8) is 0 Å². The fourth-order valence-electron chi connectivity index (χ4n) is 3.15. The van der Waals surface area contributed by atoms with E-state index < -0.39 is 19.9 Å². The quantitative estimate of drug-likeness (QED) is 0.406. The Hall–Kier alpha value is -2.99. The lowest BCUT2D eigenvalue weighted by atomic mass is 10.1. The summed E-state index contributed by atoms with van der Waals surface area (Å²) in [6.07, 6.45) is 0.288. The monoisotopic (exact) mass is 485 g/mol. The molecule has 0 aliphatic rings. The number of aryl methyl sites for hydroxylation is 2. The Morgan fingerprint density at radius 2 is 1.61 bits per heavy atom. The minimum absolute atomic E-state index is 0.0432. The largest absolute Gasteiger partial charge is 0.245 e. The van der Waals surface area contributed by atoms with E-state index in [1.54, 1.807) is 49.4 Å². The smallest absolute Gasteiger partial charge is 0.211 e. The zero-order valence-corrected chi connectivity index (χ0v) is 19.9. The molecule has 1 N–H and O–H groups in total. The molecular weight excluding hydrogens is 461 g/mol. The Bertz CT molecular complexity index is 1420. The summed E-state index contributed by atoms with van der Waals surface area (Å²) < 4.78 is 66.6. The summed E-state index contributed by atoms with van der Waals surface area (Å²) in [5.41, 5.74) is 2.48. The lowest BCUT2D eigenvalue weighted by Crippen LogP contribution is -2.27. The normalized spacial score (nSPS) is 11.6. The van der Waals surface area contributed by atoms with Gasteiger partial charge >= 0.3 is 0 Å². The minimum atomic E-state index is -3.84. The highest BCUT2D eigenvalue weighted by atomic mass is 32.2. The highest BCUT2D eigenvalue weighted by Gasteiger charge is 2.17. The Morgan fingerprint density at radius 3 is 2.30 bits per heavy atom. The van der Waals surface area contributed by atoms with Crippen LogP contribution < -0.4 is 4.72 Å². The van der Waals surface area contributed by atoms with Crippen LogP contribution in [0.15, 0.2) is 76.5 Å². The van der Waals surface area contributed by atoms with Crippen molar-refractivity contribution in [2.75, 3.05) is 6.54 Å². The molecule has 0 radical (unpaired) electrons. The molecule has 0 aromatic heterocycles. The Balaban J connectivity index is 1.72. The second-order valence-corrected chi connectivity index (χ2v) is 11.0. The molecule has 0 aliphatic carbocycles. The van der Waals surface area contributed by atoms with E-state index in [0.717, 1.165) is 5.56 Å². The molecule has 0 unspecified atom stereocenters. The average Bonchev–Trinajstić information content (AvgIpc) is 2.76. The van der Waals surface area contributed by atoms with Gasteiger partial charge in [0, 0.05) is 18.2 Å². The van der Waals surface area contributed by atoms with Crippen LogP contribution >= 0.6 is 0 Å². The molecule has 0 aliphatic heterocycles. The Morgan fingerprint density at radius 1 is 0.909 bits per heavy atom. The van der Waals surface area contributed by atoms with Crippen LogP contribution in [0.2, 0.25) is 0 Å². The molecule has 3 rings (SSSR count). The standard InChI is InChI=1S/C25H24FNO4S2/c1-19-9-13-23(14-10-19)32(28,29)17-5-6-21-12-11-20(2)25(18-21)33(30,31)27-16-15-22-7-3-4-8-24(22)26/h3-4,7-14,18,27H,6,15-16H2,1-2H3. The lowest BCUT2D eigenvalue weighted by Gasteiger charge is -2.11. The van der Waals surface area contributed by atoms with Gasteiger partial charge in [-0.1, -0.05) is 53.9 Å². The molecule has 0 heterocycles. The maximum atomic E-state index is 13.7. The van der Waals surface area contributed by atoms with Gasteiger partial charge in [-0.25, -0.2) is 25.9 Å². The van der Waals surface area contributed by atoms with Crippen molar-refractivity contribution in [3.8, 4) is 11.2 Å². The summed E-state index contributed by atoms with van der Waals surface area (Å²) in [6.45, 7) is 3.57. The lowest BCUT2D eigenvalue weighted by molar-refractivity contribution is 0.576. The van der Waals surface area contributed by atoms with Gasteiger partial charge in [0.1, 0.15) is 5.82 Å². The molecule has 0 atom stereocenters. The molecule has 3 aromatic rings. The molecule has 0 amide bonds. The van der Waals surface area contributed by atoms with Crippen LogP contribution in [0.1, 0.15) is 22.3 Å². The number of benzene rings is 3. The second kappa shape index (κ2) is 10.3. The van der Waals surface area contributed by atoms with E-state index in [-0.39, 0.29) is 35.0 Å². The molecule has 3 aromatic carbocycles. The van der Waals surface area contributed by atoms with E-state index in [0.29, 0.717) is 16.7 Å². The van der Waals surface area contributed by atoms with Crippen molar-refractivity contribution in [2.45, 2.75) is 36.5 Å². The molecule has 5 nitrogen and oxygen atoms in total. The van der Waals surface area contributed by atoms with Crippen molar-refractivity contribution >= 4 is 19.9 Å². The van der Waals surface area contributed by atoms with Crippen LogP contribution in [0.3, 0.4) is 0 Å². The van der Waals surface area contributed by atoms with Crippen molar-refractivity contribution in [3.05, 3.63) is 94.8 Å². The van der Waals surface area contributed by atoms with Crippen molar-refractivity contribution in [1.82, 2.24) is 4.72 Å². The third-order valence-corrected chi connectivity index (χ3v) is 7.93. The van der Waals surface area contributed by atoms with Gasteiger partial charge in [-0.3, -0.25) is 0 Å².